The zero-order chi connectivity index (χ0) is 9.10. The van der Waals surface area contributed by atoms with Gasteiger partial charge in [-0.15, -0.1) is 10.2 Å². The second-order valence-corrected chi connectivity index (χ2v) is 4.27. The maximum atomic E-state index is 5.44. The first-order valence-corrected chi connectivity index (χ1v) is 5.35. The number of nitrogens with two attached hydrogens (primary N) is 1. The summed E-state index contributed by atoms with van der Waals surface area (Å²) in [6.45, 7) is 0. The maximum absolute atomic E-state index is 5.44. The van der Waals surface area contributed by atoms with Gasteiger partial charge in [-0.2, -0.15) is 0 Å². The molecule has 2 heterocycles. The highest BCUT2D eigenvalue weighted by Crippen LogP contribution is 2.21. The molecule has 68 valence electrons. The van der Waals surface area contributed by atoms with Crippen molar-refractivity contribution in [2.45, 2.75) is 10.9 Å². The van der Waals surface area contributed by atoms with E-state index >= 15 is 0 Å². The normalized spacial score (nSPS) is 10.5. The van der Waals surface area contributed by atoms with E-state index < -0.39 is 0 Å². The number of anilines is 1. The van der Waals surface area contributed by atoms with E-state index in [4.69, 9.17) is 5.73 Å². The van der Waals surface area contributed by atoms with Gasteiger partial charge in [0.05, 0.1) is 5.75 Å². The van der Waals surface area contributed by atoms with E-state index in [1.165, 1.54) is 11.3 Å². The Morgan fingerprint density at radius 2 is 2.46 bits per heavy atom. The third-order valence-corrected chi connectivity index (χ3v) is 3.14. The van der Waals surface area contributed by atoms with Crippen LogP contribution in [0, 0.1) is 0 Å². The molecular formula is C6H7N5S2. The van der Waals surface area contributed by atoms with Crippen molar-refractivity contribution in [3.63, 3.8) is 0 Å². The Labute approximate surface area is 82.8 Å². The van der Waals surface area contributed by atoms with Gasteiger partial charge in [0, 0.05) is 12.4 Å². The van der Waals surface area contributed by atoms with Gasteiger partial charge in [-0.3, -0.25) is 0 Å². The number of aromatic nitrogens is 4. The number of nitrogens with zero attached hydrogens (tertiary/aromatic N) is 3. The fraction of sp³-hybridized carbons (Fsp3) is 0.167. The summed E-state index contributed by atoms with van der Waals surface area (Å²) in [5.74, 6) is 0.752. The molecule has 2 rings (SSSR count). The second-order valence-electron chi connectivity index (χ2n) is 2.22. The van der Waals surface area contributed by atoms with Crippen molar-refractivity contribution >= 4 is 28.2 Å². The number of hydrogen-bond acceptors (Lipinski definition) is 6. The van der Waals surface area contributed by atoms with Crippen molar-refractivity contribution in [1.82, 2.24) is 20.2 Å². The zero-order valence-corrected chi connectivity index (χ0v) is 8.23. The van der Waals surface area contributed by atoms with Crippen molar-refractivity contribution in [2.75, 3.05) is 5.73 Å². The van der Waals surface area contributed by atoms with Gasteiger partial charge in [-0.25, -0.2) is 4.98 Å². The molecule has 0 aromatic carbocycles. The lowest BCUT2D eigenvalue weighted by atomic mass is 10.9. The minimum atomic E-state index is 0.509. The highest BCUT2D eigenvalue weighted by atomic mass is 32.2. The number of rotatable bonds is 3. The monoisotopic (exact) mass is 213 g/mol. The number of imidazole rings is 1. The predicted octanol–water partition coefficient (Wildman–Crippen LogP) is 1.14. The molecule has 0 aliphatic rings. The van der Waals surface area contributed by atoms with Gasteiger partial charge in [0.1, 0.15) is 5.01 Å². The number of H-pyrrole nitrogens is 1. The summed E-state index contributed by atoms with van der Waals surface area (Å²) in [6, 6.07) is 0. The molecular weight excluding hydrogens is 206 g/mol. The smallest absolute Gasteiger partial charge is 0.203 e. The third-order valence-electron chi connectivity index (χ3n) is 1.29. The van der Waals surface area contributed by atoms with Crippen LogP contribution in [0.2, 0.25) is 0 Å². The van der Waals surface area contributed by atoms with Crippen molar-refractivity contribution in [3.8, 4) is 0 Å². The molecule has 0 unspecified atom stereocenters. The molecule has 0 fully saturated rings. The topological polar surface area (TPSA) is 80.5 Å². The van der Waals surface area contributed by atoms with Crippen molar-refractivity contribution in [1.29, 1.82) is 0 Å². The zero-order valence-electron chi connectivity index (χ0n) is 6.60. The molecule has 7 heteroatoms. The van der Waals surface area contributed by atoms with Crippen LogP contribution in [0.1, 0.15) is 5.01 Å². The van der Waals surface area contributed by atoms with E-state index in [0.29, 0.717) is 5.13 Å². The second kappa shape index (κ2) is 3.75. The fourth-order valence-electron chi connectivity index (χ4n) is 0.785. The van der Waals surface area contributed by atoms with Gasteiger partial charge >= 0.3 is 0 Å². The van der Waals surface area contributed by atoms with E-state index in [2.05, 4.69) is 20.2 Å². The standard InChI is InChI=1S/C6H7N5S2/c7-5-11-10-4(13-5)3-12-6-8-1-2-9-6/h1-2H,3H2,(H2,7,11)(H,8,9). The molecule has 0 atom stereocenters. The van der Waals surface area contributed by atoms with Crippen LogP contribution >= 0.6 is 23.1 Å². The quantitative estimate of drug-likeness (QED) is 0.747. The Morgan fingerprint density at radius 1 is 1.54 bits per heavy atom. The van der Waals surface area contributed by atoms with Crippen molar-refractivity contribution in [3.05, 3.63) is 17.4 Å². The van der Waals surface area contributed by atoms with Gasteiger partial charge in [0.2, 0.25) is 5.13 Å². The molecule has 0 radical (unpaired) electrons. The first kappa shape index (κ1) is 8.52. The lowest BCUT2D eigenvalue weighted by Gasteiger charge is -1.90. The Kier molecular flexibility index (Phi) is 2.46. The fourth-order valence-corrected chi connectivity index (χ4v) is 2.21. The molecule has 3 N–H and O–H groups in total. The minimum absolute atomic E-state index is 0.509. The van der Waals surface area contributed by atoms with Crippen LogP contribution < -0.4 is 5.73 Å². The molecule has 13 heavy (non-hydrogen) atoms. The van der Waals surface area contributed by atoms with Crippen LogP contribution in [0.3, 0.4) is 0 Å². The molecule has 0 amide bonds. The van der Waals surface area contributed by atoms with Crippen LogP contribution in [0.15, 0.2) is 17.6 Å². The molecule has 0 spiro atoms. The molecule has 2 aromatic rings. The number of thioether (sulfide) groups is 1. The van der Waals surface area contributed by atoms with E-state index in [1.807, 2.05) is 0 Å². The Balaban J connectivity index is 1.93. The average molecular weight is 213 g/mol. The van der Waals surface area contributed by atoms with Gasteiger partial charge in [0.15, 0.2) is 5.16 Å². The van der Waals surface area contributed by atoms with Crippen LogP contribution in [-0.2, 0) is 5.75 Å². The first-order valence-electron chi connectivity index (χ1n) is 3.54. The Hall–Kier alpha value is -1.08. The van der Waals surface area contributed by atoms with E-state index in [9.17, 15) is 0 Å². The summed E-state index contributed by atoms with van der Waals surface area (Å²) in [4.78, 5) is 7.06. The first-order chi connectivity index (χ1) is 6.34. The summed E-state index contributed by atoms with van der Waals surface area (Å²) < 4.78 is 0. The largest absolute Gasteiger partial charge is 0.374 e. The summed E-state index contributed by atoms with van der Waals surface area (Å²) in [5.41, 5.74) is 5.44. The average Bonchev–Trinajstić information content (AvgIpc) is 2.71. The van der Waals surface area contributed by atoms with E-state index in [0.717, 1.165) is 15.9 Å². The number of nitrogens with one attached hydrogen (secondary N) is 1. The summed E-state index contributed by atoms with van der Waals surface area (Å²) in [6.07, 6.45) is 3.51. The summed E-state index contributed by atoms with van der Waals surface area (Å²) >= 11 is 2.98. The minimum Gasteiger partial charge on any atom is -0.374 e. The van der Waals surface area contributed by atoms with E-state index in [-0.39, 0.29) is 0 Å². The molecule has 0 saturated heterocycles. The van der Waals surface area contributed by atoms with Gasteiger partial charge < -0.3 is 10.7 Å². The lowest BCUT2D eigenvalue weighted by molar-refractivity contribution is 1.03. The van der Waals surface area contributed by atoms with Crippen LogP contribution in [-0.4, -0.2) is 20.2 Å². The Morgan fingerprint density at radius 3 is 3.08 bits per heavy atom. The predicted molar refractivity (Wildman–Crippen MR) is 52.5 cm³/mol. The molecule has 5 nitrogen and oxygen atoms in total. The third kappa shape index (κ3) is 2.19. The highest BCUT2D eigenvalue weighted by molar-refractivity contribution is 7.98. The summed E-state index contributed by atoms with van der Waals surface area (Å²) in [5, 5.41) is 9.92. The van der Waals surface area contributed by atoms with Crippen LogP contribution in [0.5, 0.6) is 0 Å². The molecule has 2 aromatic heterocycles. The lowest BCUT2D eigenvalue weighted by Crippen LogP contribution is -1.81. The number of hydrogen-bond donors (Lipinski definition) is 2. The van der Waals surface area contributed by atoms with Crippen LogP contribution in [0.25, 0.3) is 0 Å². The highest BCUT2D eigenvalue weighted by Gasteiger charge is 2.02. The Bertz CT molecular complexity index is 368. The van der Waals surface area contributed by atoms with Gasteiger partial charge in [-0.05, 0) is 0 Å². The van der Waals surface area contributed by atoms with Gasteiger partial charge in [0.25, 0.3) is 0 Å². The molecule has 0 saturated carbocycles. The van der Waals surface area contributed by atoms with E-state index in [1.54, 1.807) is 24.2 Å². The molecule has 0 aliphatic carbocycles. The van der Waals surface area contributed by atoms with Gasteiger partial charge in [-0.1, -0.05) is 23.1 Å². The number of aromatic amines is 1. The number of nitrogen functional groups attached to an aromatic ring is 1. The van der Waals surface area contributed by atoms with Crippen molar-refractivity contribution in [2.24, 2.45) is 0 Å². The van der Waals surface area contributed by atoms with Crippen LogP contribution in [0.4, 0.5) is 5.13 Å². The SMILES string of the molecule is Nc1nnc(CSc2ncc[nH]2)s1. The summed E-state index contributed by atoms with van der Waals surface area (Å²) in [7, 11) is 0. The molecule has 0 bridgehead atoms. The maximum Gasteiger partial charge on any atom is 0.203 e. The van der Waals surface area contributed by atoms with Crippen molar-refractivity contribution < 1.29 is 0 Å². The molecule has 0 aliphatic heterocycles.